The molecule has 1 aliphatic heterocycles. The van der Waals surface area contributed by atoms with Gasteiger partial charge in [-0.3, -0.25) is 14.9 Å². The molecular weight excluding hydrogens is 556 g/mol. The summed E-state index contributed by atoms with van der Waals surface area (Å²) < 4.78 is 5.59. The Hall–Kier alpha value is -3.72. The molecule has 2 aromatic carbocycles. The lowest BCUT2D eigenvalue weighted by atomic mass is 9.78. The lowest BCUT2D eigenvalue weighted by molar-refractivity contribution is -0.384. The summed E-state index contributed by atoms with van der Waals surface area (Å²) in [6.07, 6.45) is 9.47. The van der Waals surface area contributed by atoms with Crippen LogP contribution in [0.2, 0.25) is 0 Å². The summed E-state index contributed by atoms with van der Waals surface area (Å²) in [6, 6.07) is 16.6. The Labute approximate surface area is 262 Å². The fourth-order valence-corrected chi connectivity index (χ4v) is 6.73. The van der Waals surface area contributed by atoms with Gasteiger partial charge >= 0.3 is 6.09 Å². The van der Waals surface area contributed by atoms with Gasteiger partial charge in [0.25, 0.3) is 5.69 Å². The maximum absolute atomic E-state index is 13.3. The van der Waals surface area contributed by atoms with E-state index in [1.54, 1.807) is 23.1 Å². The molecule has 1 saturated heterocycles. The van der Waals surface area contributed by atoms with E-state index >= 15 is 0 Å². The number of hydrogen-bond acceptors (Lipinski definition) is 6. The minimum atomic E-state index is -0.451. The Bertz CT molecular complexity index is 1240. The Morgan fingerprint density at radius 3 is 2.32 bits per heavy atom. The second kappa shape index (κ2) is 15.8. The zero-order valence-electron chi connectivity index (χ0n) is 26.4. The molecule has 1 aliphatic carbocycles. The fourth-order valence-electron chi connectivity index (χ4n) is 6.73. The molecule has 1 saturated carbocycles. The maximum Gasteiger partial charge on any atom is 0.410 e. The van der Waals surface area contributed by atoms with E-state index in [0.717, 1.165) is 64.6 Å². The van der Waals surface area contributed by atoms with Gasteiger partial charge in [-0.1, -0.05) is 62.6 Å². The number of ether oxygens (including phenoxy) is 1. The molecule has 0 N–H and O–H groups in total. The summed E-state index contributed by atoms with van der Waals surface area (Å²) in [7, 11) is 1.97. The average molecular weight is 605 g/mol. The largest absolute Gasteiger partial charge is 0.445 e. The van der Waals surface area contributed by atoms with E-state index in [-0.39, 0.29) is 35.6 Å². The first-order chi connectivity index (χ1) is 21.2. The molecule has 44 heavy (non-hydrogen) atoms. The lowest BCUT2D eigenvalue weighted by Crippen LogP contribution is -2.49. The van der Waals surface area contributed by atoms with Crippen molar-refractivity contribution in [1.82, 2.24) is 14.7 Å². The van der Waals surface area contributed by atoms with Crippen LogP contribution in [0.15, 0.2) is 67.3 Å². The molecule has 2 aliphatic rings. The molecule has 0 aromatic heterocycles. The number of nitro groups is 1. The van der Waals surface area contributed by atoms with Gasteiger partial charge in [-0.15, -0.1) is 6.58 Å². The molecule has 0 spiro atoms. The molecule has 238 valence electrons. The smallest absolute Gasteiger partial charge is 0.410 e. The lowest BCUT2D eigenvalue weighted by Gasteiger charge is -2.40. The van der Waals surface area contributed by atoms with E-state index < -0.39 is 11.0 Å². The van der Waals surface area contributed by atoms with Gasteiger partial charge in [-0.25, -0.2) is 4.79 Å². The predicted octanol–water partition coefficient (Wildman–Crippen LogP) is 6.57. The molecular formula is C35H48N4O5. The third kappa shape index (κ3) is 8.91. The van der Waals surface area contributed by atoms with E-state index in [2.05, 4.69) is 42.7 Å². The van der Waals surface area contributed by atoms with Crippen LogP contribution in [0.1, 0.15) is 69.4 Å². The number of non-ortho nitro benzene ring substituents is 1. The number of likely N-dealkylation sites (tertiary alicyclic amines) is 1. The zero-order chi connectivity index (χ0) is 31.5. The van der Waals surface area contributed by atoms with Crippen molar-refractivity contribution in [2.24, 2.45) is 5.92 Å². The van der Waals surface area contributed by atoms with Crippen LogP contribution in [0.5, 0.6) is 0 Å². The molecule has 9 nitrogen and oxygen atoms in total. The Balaban J connectivity index is 1.31. The summed E-state index contributed by atoms with van der Waals surface area (Å²) in [6.45, 7) is 9.92. The highest BCUT2D eigenvalue weighted by Crippen LogP contribution is 2.32. The van der Waals surface area contributed by atoms with E-state index in [4.69, 9.17) is 4.74 Å². The number of piperidine rings is 1. The molecule has 1 atom stereocenters. The second-order valence-corrected chi connectivity index (χ2v) is 12.7. The van der Waals surface area contributed by atoms with E-state index in [0.29, 0.717) is 18.7 Å². The van der Waals surface area contributed by atoms with Crippen LogP contribution in [-0.2, 0) is 21.6 Å². The summed E-state index contributed by atoms with van der Waals surface area (Å²) in [4.78, 5) is 43.0. The summed E-state index contributed by atoms with van der Waals surface area (Å²) >= 11 is 0. The van der Waals surface area contributed by atoms with E-state index in [1.807, 2.05) is 18.0 Å². The van der Waals surface area contributed by atoms with Crippen molar-refractivity contribution >= 4 is 17.7 Å². The molecule has 2 aromatic rings. The van der Waals surface area contributed by atoms with E-state index in [9.17, 15) is 19.7 Å². The van der Waals surface area contributed by atoms with Crippen LogP contribution in [0.4, 0.5) is 10.5 Å². The molecule has 4 rings (SSSR count). The van der Waals surface area contributed by atoms with Crippen molar-refractivity contribution in [3.63, 3.8) is 0 Å². The van der Waals surface area contributed by atoms with Gasteiger partial charge in [0.1, 0.15) is 6.61 Å². The Morgan fingerprint density at radius 2 is 1.70 bits per heavy atom. The van der Waals surface area contributed by atoms with Crippen LogP contribution in [-0.4, -0.2) is 77.4 Å². The van der Waals surface area contributed by atoms with Gasteiger partial charge < -0.3 is 19.4 Å². The normalized spacial score (nSPS) is 17.8. The standard InChI is InChI=1S/C35H48N4O5/c1-4-22-38(34(41)44-26-28-15-17-32(18-16-28)39(42)43)31-19-23-37(24-20-31)25-21-35(2,30-13-9-6-10-14-30)27-36(3)33(40)29-11-7-5-8-12-29/h4,6,9-10,13-18,29,31H,1,5,7-8,11-12,19-27H2,2-3H3. The quantitative estimate of drug-likeness (QED) is 0.146. The van der Waals surface area contributed by atoms with Gasteiger partial charge in [0.05, 0.1) is 4.92 Å². The number of hydrogen-bond donors (Lipinski definition) is 0. The van der Waals surface area contributed by atoms with Crippen LogP contribution in [0.25, 0.3) is 0 Å². The predicted molar refractivity (Wildman–Crippen MR) is 172 cm³/mol. The van der Waals surface area contributed by atoms with Crippen molar-refractivity contribution in [2.75, 3.05) is 39.8 Å². The number of likely N-dealkylation sites (N-methyl/N-ethyl adjacent to an activating group) is 1. The first-order valence-corrected chi connectivity index (χ1v) is 16.0. The maximum atomic E-state index is 13.3. The number of nitrogens with zero attached hydrogens (tertiary/aromatic N) is 4. The molecule has 0 bridgehead atoms. The van der Waals surface area contributed by atoms with Crippen molar-refractivity contribution in [2.45, 2.75) is 76.4 Å². The number of benzene rings is 2. The number of amides is 2. The van der Waals surface area contributed by atoms with Crippen molar-refractivity contribution in [3.05, 3.63) is 88.5 Å². The highest BCUT2D eigenvalue weighted by atomic mass is 16.6. The van der Waals surface area contributed by atoms with E-state index in [1.165, 1.54) is 24.1 Å². The van der Waals surface area contributed by atoms with Gasteiger partial charge in [0.15, 0.2) is 0 Å². The van der Waals surface area contributed by atoms with Gasteiger partial charge in [-0.2, -0.15) is 0 Å². The molecule has 2 fully saturated rings. The molecule has 9 heteroatoms. The minimum Gasteiger partial charge on any atom is -0.445 e. The van der Waals surface area contributed by atoms with Gasteiger partial charge in [0.2, 0.25) is 5.91 Å². The molecule has 0 radical (unpaired) electrons. The minimum absolute atomic E-state index is 0.00385. The summed E-state index contributed by atoms with van der Waals surface area (Å²) in [5, 5.41) is 10.9. The van der Waals surface area contributed by atoms with Gasteiger partial charge in [0, 0.05) is 62.7 Å². The van der Waals surface area contributed by atoms with Crippen molar-refractivity contribution in [1.29, 1.82) is 0 Å². The fraction of sp³-hybridized carbons (Fsp3) is 0.543. The topological polar surface area (TPSA) is 96.2 Å². The van der Waals surface area contributed by atoms with Crippen LogP contribution in [0.3, 0.4) is 0 Å². The Morgan fingerprint density at radius 1 is 1.05 bits per heavy atom. The summed E-state index contributed by atoms with van der Waals surface area (Å²) in [5.74, 6) is 0.447. The highest BCUT2D eigenvalue weighted by Gasteiger charge is 2.34. The third-order valence-corrected chi connectivity index (χ3v) is 9.43. The number of rotatable bonds is 13. The van der Waals surface area contributed by atoms with Crippen LogP contribution in [0, 0.1) is 16.0 Å². The van der Waals surface area contributed by atoms with Crippen LogP contribution < -0.4 is 0 Å². The first-order valence-electron chi connectivity index (χ1n) is 16.0. The monoisotopic (exact) mass is 604 g/mol. The highest BCUT2D eigenvalue weighted by molar-refractivity contribution is 5.78. The zero-order valence-corrected chi connectivity index (χ0v) is 26.4. The molecule has 1 unspecified atom stereocenters. The number of carbonyl (C=O) groups excluding carboxylic acids is 2. The molecule has 2 amide bonds. The van der Waals surface area contributed by atoms with Gasteiger partial charge in [-0.05, 0) is 61.9 Å². The number of carbonyl (C=O) groups is 2. The average Bonchev–Trinajstić information content (AvgIpc) is 3.06. The summed E-state index contributed by atoms with van der Waals surface area (Å²) in [5.41, 5.74) is 1.79. The third-order valence-electron chi connectivity index (χ3n) is 9.43. The Kier molecular flexibility index (Phi) is 11.9. The second-order valence-electron chi connectivity index (χ2n) is 12.7. The number of nitro benzene ring substituents is 1. The first kappa shape index (κ1) is 33.2. The van der Waals surface area contributed by atoms with Crippen LogP contribution >= 0.6 is 0 Å². The van der Waals surface area contributed by atoms with Crippen molar-refractivity contribution < 1.29 is 19.2 Å². The van der Waals surface area contributed by atoms with Crippen molar-refractivity contribution in [3.8, 4) is 0 Å². The SMILES string of the molecule is C=CCN(C(=O)OCc1ccc([N+](=O)[O-])cc1)C1CCN(CCC(C)(CN(C)C(=O)C2CCCCC2)c2ccccc2)CC1. The molecule has 1 heterocycles.